The van der Waals surface area contributed by atoms with Crippen molar-refractivity contribution in [3.63, 3.8) is 0 Å². The summed E-state index contributed by atoms with van der Waals surface area (Å²) in [4.78, 5) is 70.7. The monoisotopic (exact) mass is 764 g/mol. The largest absolute Gasteiger partial charge is 0.444 e. The molecule has 54 heavy (non-hydrogen) atoms. The normalized spacial score (nSPS) is 27.7. The van der Waals surface area contributed by atoms with E-state index in [1.807, 2.05) is 12.2 Å². The second-order valence-electron chi connectivity index (χ2n) is 15.3. The minimum atomic E-state index is -4.02. The first-order valence-corrected chi connectivity index (χ1v) is 19.9. The smallest absolute Gasteiger partial charge is 0.410 e. The summed E-state index contributed by atoms with van der Waals surface area (Å²) in [5, 5.41) is 6.05. The highest BCUT2D eigenvalue weighted by molar-refractivity contribution is 7.91. The molecule has 7 rings (SSSR count). The lowest BCUT2D eigenvalue weighted by Crippen LogP contribution is -2.58. The van der Waals surface area contributed by atoms with Crippen LogP contribution in [0.1, 0.15) is 86.2 Å². The number of nitrogens with one attached hydrogen (secondary N) is 3. The van der Waals surface area contributed by atoms with E-state index in [1.54, 1.807) is 37.3 Å². The predicted molar refractivity (Wildman–Crippen MR) is 194 cm³/mol. The Hall–Kier alpha value is -4.99. The number of rotatable bonds is 7. The number of allylic oxidation sites excluding steroid dienone is 1. The molecule has 1 saturated heterocycles. The van der Waals surface area contributed by atoms with E-state index >= 15 is 0 Å². The number of carbonyl (C=O) groups excluding carboxylic acids is 5. The number of fused-ring (bicyclic) bond motifs is 3. The van der Waals surface area contributed by atoms with Crippen LogP contribution in [0.15, 0.2) is 54.6 Å². The minimum absolute atomic E-state index is 0.00493. The zero-order valence-corrected chi connectivity index (χ0v) is 30.8. The topological polar surface area (TPSA) is 197 Å². The highest BCUT2D eigenvalue weighted by Gasteiger charge is 2.63. The lowest BCUT2D eigenvalue weighted by atomic mass is 10.0. The molecule has 5 N–H and O–H groups in total. The number of carbonyl (C=O) groups is 5. The van der Waals surface area contributed by atoms with Crippen molar-refractivity contribution in [2.24, 2.45) is 11.7 Å². The van der Waals surface area contributed by atoms with Crippen LogP contribution in [0.5, 0.6) is 0 Å². The Balaban J connectivity index is 1.16. The van der Waals surface area contributed by atoms with Crippen molar-refractivity contribution in [1.82, 2.24) is 19.8 Å². The van der Waals surface area contributed by atoms with Gasteiger partial charge < -0.3 is 26.0 Å². The van der Waals surface area contributed by atoms with Crippen molar-refractivity contribution in [3.8, 4) is 0 Å². The number of amides is 5. The Labute approximate surface area is 313 Å². The summed E-state index contributed by atoms with van der Waals surface area (Å²) in [6, 6.07) is 9.00. The fourth-order valence-electron chi connectivity index (χ4n) is 7.64. The van der Waals surface area contributed by atoms with E-state index in [9.17, 15) is 36.8 Å². The number of primary amides is 1. The molecule has 5 aliphatic rings. The van der Waals surface area contributed by atoms with E-state index in [-0.39, 0.29) is 38.0 Å². The maximum Gasteiger partial charge on any atom is 0.410 e. The first-order valence-electron chi connectivity index (χ1n) is 18.4. The molecule has 14 nitrogen and oxygen atoms in total. The number of benzene rings is 2. The summed E-state index contributed by atoms with van der Waals surface area (Å²) in [6.07, 6.45) is 6.25. The molecule has 0 radical (unpaired) electrons. The summed E-state index contributed by atoms with van der Waals surface area (Å²) in [5.74, 6) is -3.53. The van der Waals surface area contributed by atoms with E-state index in [0.29, 0.717) is 48.9 Å². The lowest BCUT2D eigenvalue weighted by Gasteiger charge is -2.30. The Kier molecular flexibility index (Phi) is 9.91. The minimum Gasteiger partial charge on any atom is -0.444 e. The van der Waals surface area contributed by atoms with Gasteiger partial charge in [-0.1, -0.05) is 43.2 Å². The van der Waals surface area contributed by atoms with Gasteiger partial charge in [-0.15, -0.1) is 0 Å². The summed E-state index contributed by atoms with van der Waals surface area (Å²) < 4.78 is 47.7. The SMILES string of the molecule is CC1(S(=O)(=O)NC(=O)[C@@]23C[C@H]2C=CCCCCC[C@H](Nc2cccc(C(N)=O)c2)C(=O)N2C[C@H](OC(=O)N4Cc5cccc(F)c5C4)C[C@H]2C(=O)N3)CC1. The quantitative estimate of drug-likeness (QED) is 0.306. The zero-order chi connectivity index (χ0) is 38.4. The number of ether oxygens (including phenoxy) is 1. The Morgan fingerprint density at radius 2 is 1.83 bits per heavy atom. The molecule has 2 aromatic carbocycles. The van der Waals surface area contributed by atoms with E-state index in [0.717, 1.165) is 12.8 Å². The molecule has 3 aliphatic heterocycles. The van der Waals surface area contributed by atoms with Gasteiger partial charge in [-0.25, -0.2) is 17.6 Å². The maximum absolute atomic E-state index is 14.5. The molecule has 0 spiro atoms. The fraction of sp³-hybridized carbons (Fsp3) is 0.500. The van der Waals surface area contributed by atoms with Crippen LogP contribution in [0.3, 0.4) is 0 Å². The average Bonchev–Trinajstić information content (AvgIpc) is 3.92. The molecule has 16 heteroatoms. The lowest BCUT2D eigenvalue weighted by molar-refractivity contribution is -0.140. The Bertz CT molecular complexity index is 2020. The molecular formula is C38H45FN6O8S. The molecule has 3 heterocycles. The molecular weight excluding hydrogens is 720 g/mol. The second kappa shape index (κ2) is 14.3. The average molecular weight is 765 g/mol. The molecule has 2 aliphatic carbocycles. The third-order valence-corrected chi connectivity index (χ3v) is 13.6. The summed E-state index contributed by atoms with van der Waals surface area (Å²) in [6.45, 7) is 1.56. The second-order valence-corrected chi connectivity index (χ2v) is 17.5. The van der Waals surface area contributed by atoms with Crippen LogP contribution in [-0.2, 0) is 42.2 Å². The van der Waals surface area contributed by atoms with E-state index in [2.05, 4.69) is 15.4 Å². The first-order chi connectivity index (χ1) is 25.7. The molecule has 2 aromatic rings. The molecule has 0 bridgehead atoms. The van der Waals surface area contributed by atoms with Gasteiger partial charge in [-0.05, 0) is 75.3 Å². The highest BCUT2D eigenvalue weighted by Crippen LogP contribution is 2.47. The van der Waals surface area contributed by atoms with Crippen LogP contribution in [0.4, 0.5) is 14.9 Å². The van der Waals surface area contributed by atoms with Gasteiger partial charge in [0.25, 0.3) is 5.91 Å². The van der Waals surface area contributed by atoms with E-state index in [1.165, 1.54) is 21.9 Å². The molecule has 5 amide bonds. The Morgan fingerprint density at radius 3 is 2.57 bits per heavy atom. The third kappa shape index (κ3) is 7.39. The molecule has 5 atom stereocenters. The molecule has 3 fully saturated rings. The van der Waals surface area contributed by atoms with Gasteiger partial charge in [0, 0.05) is 35.7 Å². The maximum atomic E-state index is 14.5. The van der Waals surface area contributed by atoms with Crippen LogP contribution in [-0.4, -0.2) is 83.0 Å². The molecule has 0 aromatic heterocycles. The molecule has 2 saturated carbocycles. The summed E-state index contributed by atoms with van der Waals surface area (Å²) >= 11 is 0. The standard InChI is InChI=1S/C38H45FN6O8S/c1-37(15-16-37)54(51,52)43-35(49)38-19-25(38)11-5-3-2-4-6-14-30(41-26-12-7-9-23(17-26)32(40)46)34(48)45-21-27(18-31(45)33(47)42-38)53-36(50)44-20-24-10-8-13-29(39)28(24)22-44/h5,7-13,17,25,27,30-31,41H,2-4,6,14-16,18-22H2,1H3,(H2,40,46)(H,42,47)(H,43,49)/t25-,27-,30+,31+,38-/m1/s1. The van der Waals surface area contributed by atoms with Gasteiger partial charge in [0.05, 0.1) is 17.8 Å². The molecule has 0 unspecified atom stereocenters. The number of anilines is 1. The summed E-state index contributed by atoms with van der Waals surface area (Å²) in [7, 11) is -4.02. The van der Waals surface area contributed by atoms with Gasteiger partial charge >= 0.3 is 6.09 Å². The number of hydrogen-bond donors (Lipinski definition) is 4. The van der Waals surface area contributed by atoms with Crippen LogP contribution >= 0.6 is 0 Å². The number of halogens is 1. The summed E-state index contributed by atoms with van der Waals surface area (Å²) in [5.41, 5.74) is 5.71. The Morgan fingerprint density at radius 1 is 1.06 bits per heavy atom. The van der Waals surface area contributed by atoms with Gasteiger partial charge in [-0.3, -0.25) is 28.8 Å². The van der Waals surface area contributed by atoms with Crippen molar-refractivity contribution in [3.05, 3.63) is 77.1 Å². The van der Waals surface area contributed by atoms with Crippen molar-refractivity contribution >= 4 is 45.4 Å². The molecule has 288 valence electrons. The van der Waals surface area contributed by atoms with Gasteiger partial charge in [-0.2, -0.15) is 0 Å². The number of nitrogens with zero attached hydrogens (tertiary/aromatic N) is 2. The van der Waals surface area contributed by atoms with Crippen LogP contribution in [0, 0.1) is 11.7 Å². The fourth-order valence-corrected chi connectivity index (χ4v) is 8.95. The van der Waals surface area contributed by atoms with Crippen LogP contribution < -0.4 is 21.1 Å². The van der Waals surface area contributed by atoms with E-state index < -0.39 is 80.0 Å². The van der Waals surface area contributed by atoms with Crippen molar-refractivity contribution in [1.29, 1.82) is 0 Å². The van der Waals surface area contributed by atoms with Crippen molar-refractivity contribution in [2.45, 2.75) is 106 Å². The predicted octanol–water partition coefficient (Wildman–Crippen LogP) is 3.22. The van der Waals surface area contributed by atoms with Gasteiger partial charge in [0.1, 0.15) is 29.5 Å². The van der Waals surface area contributed by atoms with Crippen LogP contribution in [0.2, 0.25) is 0 Å². The van der Waals surface area contributed by atoms with Crippen LogP contribution in [0.25, 0.3) is 0 Å². The highest BCUT2D eigenvalue weighted by atomic mass is 32.2. The van der Waals surface area contributed by atoms with E-state index in [4.69, 9.17) is 10.5 Å². The number of sulfonamides is 1. The third-order valence-electron chi connectivity index (χ3n) is 11.4. The number of hydrogen-bond acceptors (Lipinski definition) is 9. The van der Waals surface area contributed by atoms with Gasteiger partial charge in [0.15, 0.2) is 0 Å². The van der Waals surface area contributed by atoms with Crippen molar-refractivity contribution < 1.29 is 41.5 Å². The zero-order valence-electron chi connectivity index (χ0n) is 30.0. The van der Waals surface area contributed by atoms with Crippen molar-refractivity contribution in [2.75, 3.05) is 11.9 Å². The van der Waals surface area contributed by atoms with Gasteiger partial charge in [0.2, 0.25) is 27.7 Å². The number of nitrogens with two attached hydrogens (primary N) is 1. The first kappa shape index (κ1) is 37.3.